The van der Waals surface area contributed by atoms with E-state index in [2.05, 4.69) is 31.9 Å². The molecule has 0 aliphatic carbocycles. The molecule has 3 nitrogen and oxygen atoms in total. The zero-order valence-electron chi connectivity index (χ0n) is 8.40. The summed E-state index contributed by atoms with van der Waals surface area (Å²) < 4.78 is 6.50. The summed E-state index contributed by atoms with van der Waals surface area (Å²) in [6.07, 6.45) is 1.86. The van der Waals surface area contributed by atoms with Crippen LogP contribution in [0.2, 0.25) is 0 Å². The van der Waals surface area contributed by atoms with Gasteiger partial charge in [-0.15, -0.1) is 0 Å². The number of anilines is 1. The largest absolute Gasteiger partial charge is 0.381 e. The Morgan fingerprint density at radius 3 is 2.60 bits per heavy atom. The first-order chi connectivity index (χ1) is 7.33. The smallest absolute Gasteiger partial charge is 0.128 e. The van der Waals surface area contributed by atoms with E-state index in [0.717, 1.165) is 48.4 Å². The molecule has 0 amide bonds. The second-order valence-corrected chi connectivity index (χ2v) is 5.21. The van der Waals surface area contributed by atoms with Gasteiger partial charge in [0.1, 0.15) is 5.82 Å². The van der Waals surface area contributed by atoms with Crippen molar-refractivity contribution in [2.24, 2.45) is 11.8 Å². The number of hydrogen-bond donors (Lipinski definition) is 0. The maximum atomic E-state index is 5.46. The lowest BCUT2D eigenvalue weighted by Crippen LogP contribution is -2.22. The topological polar surface area (TPSA) is 25.4 Å². The SMILES string of the molecule is Brc1ccc(N2CC3COCC3C2)nc1. The molecule has 2 fully saturated rings. The van der Waals surface area contributed by atoms with Crippen LogP contribution in [0.15, 0.2) is 22.8 Å². The normalized spacial score (nSPS) is 29.5. The van der Waals surface area contributed by atoms with E-state index in [1.807, 2.05) is 12.3 Å². The van der Waals surface area contributed by atoms with E-state index in [0.29, 0.717) is 0 Å². The van der Waals surface area contributed by atoms with Crippen molar-refractivity contribution in [2.45, 2.75) is 0 Å². The molecule has 0 N–H and O–H groups in total. The molecule has 3 heterocycles. The van der Waals surface area contributed by atoms with Crippen molar-refractivity contribution in [3.8, 4) is 0 Å². The van der Waals surface area contributed by atoms with Gasteiger partial charge in [0, 0.05) is 35.6 Å². The van der Waals surface area contributed by atoms with E-state index in [-0.39, 0.29) is 0 Å². The van der Waals surface area contributed by atoms with Crippen LogP contribution in [0.1, 0.15) is 0 Å². The van der Waals surface area contributed by atoms with Crippen LogP contribution in [0.25, 0.3) is 0 Å². The van der Waals surface area contributed by atoms with Crippen LogP contribution < -0.4 is 4.90 Å². The minimum atomic E-state index is 0.718. The van der Waals surface area contributed by atoms with Gasteiger partial charge in [-0.05, 0) is 28.1 Å². The third-order valence-corrected chi connectivity index (χ3v) is 3.75. The van der Waals surface area contributed by atoms with Crippen LogP contribution in [0.4, 0.5) is 5.82 Å². The van der Waals surface area contributed by atoms with Gasteiger partial charge in [-0.1, -0.05) is 0 Å². The number of fused-ring (bicyclic) bond motifs is 1. The highest BCUT2D eigenvalue weighted by Crippen LogP contribution is 2.31. The number of halogens is 1. The molecule has 0 spiro atoms. The highest BCUT2D eigenvalue weighted by Gasteiger charge is 2.37. The molecule has 2 aliphatic heterocycles. The lowest BCUT2D eigenvalue weighted by atomic mass is 10.0. The van der Waals surface area contributed by atoms with Gasteiger partial charge in [0.25, 0.3) is 0 Å². The first-order valence-corrected chi connectivity index (χ1v) is 6.06. The van der Waals surface area contributed by atoms with Gasteiger partial charge >= 0.3 is 0 Å². The number of pyridine rings is 1. The Morgan fingerprint density at radius 1 is 1.27 bits per heavy atom. The molecule has 4 heteroatoms. The Kier molecular flexibility index (Phi) is 2.41. The summed E-state index contributed by atoms with van der Waals surface area (Å²) in [4.78, 5) is 6.79. The van der Waals surface area contributed by atoms with E-state index in [4.69, 9.17) is 4.74 Å². The Bertz CT molecular complexity index is 342. The number of aromatic nitrogens is 1. The van der Waals surface area contributed by atoms with E-state index in [9.17, 15) is 0 Å². The van der Waals surface area contributed by atoms with Gasteiger partial charge in [0.2, 0.25) is 0 Å². The summed E-state index contributed by atoms with van der Waals surface area (Å²) >= 11 is 3.40. The zero-order valence-corrected chi connectivity index (χ0v) is 9.98. The molecular weight excluding hydrogens is 256 g/mol. The van der Waals surface area contributed by atoms with Crippen LogP contribution >= 0.6 is 15.9 Å². The molecule has 2 atom stereocenters. The second-order valence-electron chi connectivity index (χ2n) is 4.30. The fraction of sp³-hybridized carbons (Fsp3) is 0.545. The van der Waals surface area contributed by atoms with Crippen molar-refractivity contribution in [1.82, 2.24) is 4.98 Å². The van der Waals surface area contributed by atoms with Crippen molar-refractivity contribution >= 4 is 21.7 Å². The molecule has 15 heavy (non-hydrogen) atoms. The van der Waals surface area contributed by atoms with Gasteiger partial charge in [-0.2, -0.15) is 0 Å². The van der Waals surface area contributed by atoms with Crippen molar-refractivity contribution in [3.63, 3.8) is 0 Å². The standard InChI is InChI=1S/C11H13BrN2O/c12-10-1-2-11(13-3-10)14-4-8-6-15-7-9(8)5-14/h1-3,8-9H,4-7H2. The number of ether oxygens (including phenoxy) is 1. The van der Waals surface area contributed by atoms with Gasteiger partial charge in [-0.3, -0.25) is 0 Å². The first-order valence-electron chi connectivity index (χ1n) is 5.27. The monoisotopic (exact) mass is 268 g/mol. The molecule has 0 bridgehead atoms. The molecular formula is C11H13BrN2O. The highest BCUT2D eigenvalue weighted by molar-refractivity contribution is 9.10. The molecule has 2 aliphatic rings. The second kappa shape index (κ2) is 3.76. The van der Waals surface area contributed by atoms with E-state index < -0.39 is 0 Å². The van der Waals surface area contributed by atoms with Crippen LogP contribution in [0, 0.1) is 11.8 Å². The summed E-state index contributed by atoms with van der Waals surface area (Å²) in [7, 11) is 0. The van der Waals surface area contributed by atoms with Gasteiger partial charge in [0.05, 0.1) is 13.2 Å². The number of nitrogens with zero attached hydrogens (tertiary/aromatic N) is 2. The number of hydrogen-bond acceptors (Lipinski definition) is 3. The molecule has 80 valence electrons. The predicted octanol–water partition coefficient (Wildman–Crippen LogP) is 1.93. The van der Waals surface area contributed by atoms with Crippen LogP contribution in [-0.4, -0.2) is 31.3 Å². The highest BCUT2D eigenvalue weighted by atomic mass is 79.9. The predicted molar refractivity (Wildman–Crippen MR) is 61.9 cm³/mol. The molecule has 2 saturated heterocycles. The molecule has 1 aromatic heterocycles. The molecule has 0 aromatic carbocycles. The Morgan fingerprint density at radius 2 is 2.00 bits per heavy atom. The first kappa shape index (κ1) is 9.60. The fourth-order valence-electron chi connectivity index (χ4n) is 2.43. The summed E-state index contributed by atoms with van der Waals surface area (Å²) in [5.41, 5.74) is 0. The minimum absolute atomic E-state index is 0.718. The third kappa shape index (κ3) is 1.76. The van der Waals surface area contributed by atoms with Gasteiger partial charge in [0.15, 0.2) is 0 Å². The van der Waals surface area contributed by atoms with Crippen molar-refractivity contribution in [1.29, 1.82) is 0 Å². The molecule has 1 aromatic rings. The lowest BCUT2D eigenvalue weighted by molar-refractivity contribution is 0.177. The van der Waals surface area contributed by atoms with Gasteiger partial charge in [-0.25, -0.2) is 4.98 Å². The zero-order chi connectivity index (χ0) is 10.3. The van der Waals surface area contributed by atoms with Crippen molar-refractivity contribution in [2.75, 3.05) is 31.2 Å². The van der Waals surface area contributed by atoms with E-state index >= 15 is 0 Å². The van der Waals surface area contributed by atoms with Crippen LogP contribution in [0.3, 0.4) is 0 Å². The summed E-state index contributed by atoms with van der Waals surface area (Å²) in [6, 6.07) is 4.12. The number of rotatable bonds is 1. The summed E-state index contributed by atoms with van der Waals surface area (Å²) in [6.45, 7) is 4.05. The Hall–Kier alpha value is -0.610. The Balaban J connectivity index is 1.76. The van der Waals surface area contributed by atoms with Gasteiger partial charge < -0.3 is 9.64 Å². The fourth-order valence-corrected chi connectivity index (χ4v) is 2.66. The molecule has 0 radical (unpaired) electrons. The average Bonchev–Trinajstić information content (AvgIpc) is 2.78. The maximum Gasteiger partial charge on any atom is 0.128 e. The van der Waals surface area contributed by atoms with Crippen molar-refractivity contribution < 1.29 is 4.74 Å². The minimum Gasteiger partial charge on any atom is -0.381 e. The lowest BCUT2D eigenvalue weighted by Gasteiger charge is -2.18. The quantitative estimate of drug-likeness (QED) is 0.779. The van der Waals surface area contributed by atoms with Crippen LogP contribution in [0.5, 0.6) is 0 Å². The third-order valence-electron chi connectivity index (χ3n) is 3.28. The summed E-state index contributed by atoms with van der Waals surface area (Å²) in [5, 5.41) is 0. The van der Waals surface area contributed by atoms with Crippen molar-refractivity contribution in [3.05, 3.63) is 22.8 Å². The average molecular weight is 269 g/mol. The van der Waals surface area contributed by atoms with Crippen LogP contribution in [-0.2, 0) is 4.74 Å². The molecule has 0 saturated carbocycles. The van der Waals surface area contributed by atoms with E-state index in [1.54, 1.807) is 0 Å². The van der Waals surface area contributed by atoms with E-state index in [1.165, 1.54) is 0 Å². The maximum absolute atomic E-state index is 5.46. The summed E-state index contributed by atoms with van der Waals surface area (Å²) in [5.74, 6) is 2.53. The Labute approximate surface area is 97.6 Å². The molecule has 3 rings (SSSR count). The molecule has 2 unspecified atom stereocenters.